The Morgan fingerprint density at radius 2 is 1.76 bits per heavy atom. The summed E-state index contributed by atoms with van der Waals surface area (Å²) in [6.07, 6.45) is 0.970. The Labute approximate surface area is 206 Å². The molecule has 1 fully saturated rings. The van der Waals surface area contributed by atoms with Crippen LogP contribution in [0.2, 0.25) is 5.02 Å². The van der Waals surface area contributed by atoms with Crippen molar-refractivity contribution in [3.05, 3.63) is 88.4 Å². The molecule has 176 valence electrons. The molecule has 0 aromatic heterocycles. The monoisotopic (exact) mass is 475 g/mol. The molecule has 2 heterocycles. The highest BCUT2D eigenvalue weighted by Gasteiger charge is 2.31. The summed E-state index contributed by atoms with van der Waals surface area (Å²) in [5, 5.41) is 0.745. The number of hydrogen-bond donors (Lipinski definition) is 0. The summed E-state index contributed by atoms with van der Waals surface area (Å²) < 4.78 is 10.8. The van der Waals surface area contributed by atoms with Crippen LogP contribution in [0.5, 0.6) is 11.5 Å². The molecule has 0 N–H and O–H groups in total. The summed E-state index contributed by atoms with van der Waals surface area (Å²) in [7, 11) is 3.35. The van der Waals surface area contributed by atoms with Crippen molar-refractivity contribution in [2.45, 2.75) is 12.5 Å². The van der Waals surface area contributed by atoms with Gasteiger partial charge in [0.1, 0.15) is 0 Å². The highest BCUT2D eigenvalue weighted by molar-refractivity contribution is 6.31. The molecule has 0 radical (unpaired) electrons. The van der Waals surface area contributed by atoms with Crippen molar-refractivity contribution in [2.75, 3.05) is 51.8 Å². The number of ether oxygens (including phenoxy) is 2. The lowest BCUT2D eigenvalue weighted by molar-refractivity contribution is 0.227. The SMILES string of the molecule is COc1ccc(CCN2CCN3c4ccc(Cl)cc4C(c4ccccc4)=NCC3C2)cc1OC. The van der Waals surface area contributed by atoms with Crippen LogP contribution in [0.1, 0.15) is 16.7 Å². The van der Waals surface area contributed by atoms with Crippen LogP contribution in [0.3, 0.4) is 0 Å². The van der Waals surface area contributed by atoms with Gasteiger partial charge in [-0.3, -0.25) is 9.89 Å². The van der Waals surface area contributed by atoms with Gasteiger partial charge in [-0.05, 0) is 42.3 Å². The molecule has 5 nitrogen and oxygen atoms in total. The van der Waals surface area contributed by atoms with Gasteiger partial charge < -0.3 is 14.4 Å². The van der Waals surface area contributed by atoms with Crippen LogP contribution in [-0.2, 0) is 6.42 Å². The fraction of sp³-hybridized carbons (Fsp3) is 0.321. The smallest absolute Gasteiger partial charge is 0.160 e. The number of anilines is 1. The van der Waals surface area contributed by atoms with Crippen LogP contribution in [0.4, 0.5) is 5.69 Å². The zero-order valence-electron chi connectivity index (χ0n) is 19.7. The van der Waals surface area contributed by atoms with Gasteiger partial charge in [-0.25, -0.2) is 0 Å². The lowest BCUT2D eigenvalue weighted by Gasteiger charge is -2.42. The Morgan fingerprint density at radius 3 is 2.56 bits per heavy atom. The molecule has 0 aliphatic carbocycles. The highest BCUT2D eigenvalue weighted by atomic mass is 35.5. The molecule has 0 spiro atoms. The summed E-state index contributed by atoms with van der Waals surface area (Å²) in [6.45, 7) is 4.75. The molecule has 1 unspecified atom stereocenters. The number of methoxy groups -OCH3 is 2. The van der Waals surface area contributed by atoms with Crippen LogP contribution in [0.15, 0.2) is 71.7 Å². The number of hydrogen-bond acceptors (Lipinski definition) is 5. The van der Waals surface area contributed by atoms with Crippen molar-refractivity contribution in [3.63, 3.8) is 0 Å². The predicted molar refractivity (Wildman–Crippen MR) is 139 cm³/mol. The topological polar surface area (TPSA) is 37.3 Å². The third kappa shape index (κ3) is 4.63. The minimum absolute atomic E-state index is 0.334. The van der Waals surface area contributed by atoms with E-state index in [0.717, 1.165) is 72.5 Å². The molecule has 0 bridgehead atoms. The molecule has 34 heavy (non-hydrogen) atoms. The van der Waals surface area contributed by atoms with E-state index in [1.54, 1.807) is 14.2 Å². The second-order valence-corrected chi connectivity index (χ2v) is 9.24. The summed E-state index contributed by atoms with van der Waals surface area (Å²) in [5.74, 6) is 1.55. The molecule has 3 aromatic rings. The molecule has 0 saturated carbocycles. The third-order valence-electron chi connectivity index (χ3n) is 6.76. The van der Waals surface area contributed by atoms with Crippen molar-refractivity contribution in [1.29, 1.82) is 0 Å². The van der Waals surface area contributed by atoms with Gasteiger partial charge in [-0.15, -0.1) is 0 Å². The maximum absolute atomic E-state index is 6.42. The van der Waals surface area contributed by atoms with Gasteiger partial charge in [-0.2, -0.15) is 0 Å². The molecule has 2 aliphatic heterocycles. The quantitative estimate of drug-likeness (QED) is 0.506. The first-order valence-corrected chi connectivity index (χ1v) is 12.1. The lowest BCUT2D eigenvalue weighted by Crippen LogP contribution is -2.54. The Balaban J connectivity index is 1.34. The molecule has 1 saturated heterocycles. The Bertz CT molecular complexity index is 1180. The van der Waals surface area contributed by atoms with Crippen molar-refractivity contribution >= 4 is 23.0 Å². The third-order valence-corrected chi connectivity index (χ3v) is 7.00. The van der Waals surface area contributed by atoms with Crippen LogP contribution in [0, 0.1) is 0 Å². The van der Waals surface area contributed by atoms with Crippen molar-refractivity contribution in [3.8, 4) is 11.5 Å². The average Bonchev–Trinajstić information content (AvgIpc) is 3.04. The Morgan fingerprint density at radius 1 is 0.941 bits per heavy atom. The molecule has 2 aliphatic rings. The Hall–Kier alpha value is -3.02. The van der Waals surface area contributed by atoms with Gasteiger partial charge in [0.2, 0.25) is 0 Å². The van der Waals surface area contributed by atoms with Crippen molar-refractivity contribution in [1.82, 2.24) is 4.90 Å². The van der Waals surface area contributed by atoms with Gasteiger partial charge in [0, 0.05) is 48.0 Å². The lowest BCUT2D eigenvalue weighted by atomic mass is 9.99. The zero-order valence-corrected chi connectivity index (χ0v) is 20.5. The fourth-order valence-corrected chi connectivity index (χ4v) is 5.16. The standard InChI is InChI=1S/C28H30ClN3O2/c1-33-26-11-8-20(16-27(26)34-2)12-13-31-14-15-32-23(19-31)18-30-28(21-6-4-3-5-7-21)24-17-22(29)9-10-25(24)32/h3-11,16-17,23H,12-15,18-19H2,1-2H3. The summed E-state index contributed by atoms with van der Waals surface area (Å²) in [5.41, 5.74) is 5.78. The minimum Gasteiger partial charge on any atom is -0.493 e. The predicted octanol–water partition coefficient (Wildman–Crippen LogP) is 4.94. The van der Waals surface area contributed by atoms with E-state index in [1.807, 2.05) is 18.2 Å². The minimum atomic E-state index is 0.334. The van der Waals surface area contributed by atoms with E-state index >= 15 is 0 Å². The number of rotatable bonds is 6. The van der Waals surface area contributed by atoms with Crippen LogP contribution >= 0.6 is 11.6 Å². The average molecular weight is 476 g/mol. The zero-order chi connectivity index (χ0) is 23.5. The molecule has 0 amide bonds. The fourth-order valence-electron chi connectivity index (χ4n) is 4.99. The van der Waals surface area contributed by atoms with Crippen LogP contribution in [0.25, 0.3) is 0 Å². The normalized spacial score (nSPS) is 17.9. The molecular formula is C28H30ClN3O2. The first-order valence-electron chi connectivity index (χ1n) is 11.8. The number of aliphatic imine (C=N–C) groups is 1. The number of piperazine rings is 1. The van der Waals surface area contributed by atoms with E-state index in [2.05, 4.69) is 58.3 Å². The van der Waals surface area contributed by atoms with E-state index in [0.29, 0.717) is 6.04 Å². The number of halogens is 1. The highest BCUT2D eigenvalue weighted by Crippen LogP contribution is 2.33. The molecule has 1 atom stereocenters. The maximum atomic E-state index is 6.42. The van der Waals surface area contributed by atoms with Crippen LogP contribution < -0.4 is 14.4 Å². The van der Waals surface area contributed by atoms with E-state index in [4.69, 9.17) is 26.1 Å². The second kappa shape index (κ2) is 10.1. The van der Waals surface area contributed by atoms with Gasteiger partial charge in [0.15, 0.2) is 11.5 Å². The molecule has 6 heteroatoms. The van der Waals surface area contributed by atoms with Crippen molar-refractivity contribution < 1.29 is 9.47 Å². The summed E-state index contributed by atoms with van der Waals surface area (Å²) in [4.78, 5) is 10.2. The largest absolute Gasteiger partial charge is 0.493 e. The van der Waals surface area contributed by atoms with E-state index in [9.17, 15) is 0 Å². The maximum Gasteiger partial charge on any atom is 0.160 e. The van der Waals surface area contributed by atoms with Crippen LogP contribution in [-0.4, -0.2) is 63.6 Å². The summed E-state index contributed by atoms with van der Waals surface area (Å²) in [6, 6.07) is 23.2. The van der Waals surface area contributed by atoms with Gasteiger partial charge in [0.25, 0.3) is 0 Å². The van der Waals surface area contributed by atoms with E-state index < -0.39 is 0 Å². The van der Waals surface area contributed by atoms with E-state index in [1.165, 1.54) is 11.3 Å². The number of fused-ring (bicyclic) bond motifs is 3. The first-order chi connectivity index (χ1) is 16.7. The van der Waals surface area contributed by atoms with Gasteiger partial charge >= 0.3 is 0 Å². The molecule has 3 aromatic carbocycles. The van der Waals surface area contributed by atoms with E-state index in [-0.39, 0.29) is 0 Å². The summed E-state index contributed by atoms with van der Waals surface area (Å²) >= 11 is 6.42. The molecular weight excluding hydrogens is 446 g/mol. The van der Waals surface area contributed by atoms with Gasteiger partial charge in [0.05, 0.1) is 32.5 Å². The molecule has 5 rings (SSSR count). The second-order valence-electron chi connectivity index (χ2n) is 8.80. The number of benzene rings is 3. The Kier molecular flexibility index (Phi) is 6.75. The first kappa shape index (κ1) is 22.8. The number of nitrogens with zero attached hydrogens (tertiary/aromatic N) is 3. The van der Waals surface area contributed by atoms with Crippen molar-refractivity contribution in [2.24, 2.45) is 4.99 Å². The van der Waals surface area contributed by atoms with Gasteiger partial charge in [-0.1, -0.05) is 48.0 Å².